The molecule has 0 radical (unpaired) electrons. The van der Waals surface area contributed by atoms with Crippen LogP contribution >= 0.6 is 0 Å². The first-order valence-electron chi connectivity index (χ1n) is 7.18. The summed E-state index contributed by atoms with van der Waals surface area (Å²) in [5.74, 6) is -0.125. The van der Waals surface area contributed by atoms with Crippen LogP contribution in [-0.4, -0.2) is 12.6 Å². The van der Waals surface area contributed by atoms with Gasteiger partial charge in [-0.25, -0.2) is 0 Å². The average Bonchev–Trinajstić information content (AvgIpc) is 2.47. The molecule has 2 heteroatoms. The van der Waals surface area contributed by atoms with E-state index < -0.39 is 5.41 Å². The predicted octanol–water partition coefficient (Wildman–Crippen LogP) is 4.63. The number of carbonyl (C=O) groups excluding carboxylic acids is 1. The van der Waals surface area contributed by atoms with E-state index in [9.17, 15) is 4.79 Å². The van der Waals surface area contributed by atoms with E-state index in [1.54, 1.807) is 6.08 Å². The molecule has 0 amide bonds. The summed E-state index contributed by atoms with van der Waals surface area (Å²) >= 11 is 0. The zero-order valence-corrected chi connectivity index (χ0v) is 12.5. The predicted molar refractivity (Wildman–Crippen MR) is 84.3 cm³/mol. The maximum atomic E-state index is 12.2. The second-order valence-corrected chi connectivity index (χ2v) is 4.86. The average molecular weight is 272 g/mol. The van der Waals surface area contributed by atoms with E-state index in [1.807, 2.05) is 50.3 Å². The molecule has 0 unspecified atom stereocenters. The minimum Gasteiger partial charge on any atom is -0.466 e. The van der Waals surface area contributed by atoms with Crippen LogP contribution in [0.3, 0.4) is 0 Å². The van der Waals surface area contributed by atoms with E-state index in [2.05, 4.69) is 12.7 Å². The monoisotopic (exact) mass is 272 g/mol. The van der Waals surface area contributed by atoms with Gasteiger partial charge in [0, 0.05) is 0 Å². The maximum Gasteiger partial charge on any atom is 0.312 e. The smallest absolute Gasteiger partial charge is 0.312 e. The molecule has 0 aromatic heterocycles. The lowest BCUT2D eigenvalue weighted by atomic mass is 9.78. The number of benzene rings is 1. The molecule has 1 aromatic rings. The van der Waals surface area contributed by atoms with Crippen LogP contribution < -0.4 is 0 Å². The number of hydrogen-bond donors (Lipinski definition) is 0. The highest BCUT2D eigenvalue weighted by Gasteiger charge is 2.35. The lowest BCUT2D eigenvalue weighted by Crippen LogP contribution is -2.31. The molecule has 1 aromatic carbocycles. The largest absolute Gasteiger partial charge is 0.466 e. The second-order valence-electron chi connectivity index (χ2n) is 4.86. The maximum absolute atomic E-state index is 12.2. The zero-order chi connectivity index (χ0) is 14.8. The molecular formula is C18H24O2. The molecule has 0 aliphatic carbocycles. The Hall–Kier alpha value is -1.83. The highest BCUT2D eigenvalue weighted by atomic mass is 16.5. The van der Waals surface area contributed by atoms with E-state index in [0.717, 1.165) is 12.0 Å². The summed E-state index contributed by atoms with van der Waals surface area (Å²) in [6, 6.07) is 10.1. The Morgan fingerprint density at radius 1 is 1.25 bits per heavy atom. The van der Waals surface area contributed by atoms with Gasteiger partial charge in [0.25, 0.3) is 0 Å². The lowest BCUT2D eigenvalue weighted by Gasteiger charge is -2.28. The molecule has 0 spiro atoms. The lowest BCUT2D eigenvalue weighted by molar-refractivity contribution is -0.155. The first-order chi connectivity index (χ1) is 9.68. The summed E-state index contributed by atoms with van der Waals surface area (Å²) in [5.41, 5.74) is 0.656. The van der Waals surface area contributed by atoms with Gasteiger partial charge in [-0.05, 0) is 31.7 Å². The molecule has 0 saturated heterocycles. The van der Waals surface area contributed by atoms with Crippen molar-refractivity contribution in [2.24, 2.45) is 5.41 Å². The molecule has 1 rings (SSSR count). The molecule has 0 saturated carbocycles. The van der Waals surface area contributed by atoms with Crippen molar-refractivity contribution in [3.8, 4) is 0 Å². The molecule has 0 bridgehead atoms. The zero-order valence-electron chi connectivity index (χ0n) is 12.5. The van der Waals surface area contributed by atoms with Crippen molar-refractivity contribution in [3.63, 3.8) is 0 Å². The highest BCUT2D eigenvalue weighted by molar-refractivity contribution is 5.77. The fourth-order valence-electron chi connectivity index (χ4n) is 2.23. The molecule has 0 aliphatic rings. The first-order valence-corrected chi connectivity index (χ1v) is 7.18. The van der Waals surface area contributed by atoms with Gasteiger partial charge in [-0.2, -0.15) is 0 Å². The Morgan fingerprint density at radius 2 is 1.95 bits per heavy atom. The van der Waals surface area contributed by atoms with E-state index >= 15 is 0 Å². The van der Waals surface area contributed by atoms with Crippen molar-refractivity contribution in [1.82, 2.24) is 0 Å². The van der Waals surface area contributed by atoms with Gasteiger partial charge in [-0.3, -0.25) is 4.79 Å². The van der Waals surface area contributed by atoms with Crippen LogP contribution in [0.5, 0.6) is 0 Å². The van der Waals surface area contributed by atoms with Gasteiger partial charge in [0.05, 0.1) is 12.0 Å². The summed E-state index contributed by atoms with van der Waals surface area (Å²) in [7, 11) is 0. The van der Waals surface area contributed by atoms with Crippen molar-refractivity contribution in [3.05, 3.63) is 54.6 Å². The van der Waals surface area contributed by atoms with Crippen molar-refractivity contribution in [2.45, 2.75) is 33.1 Å². The number of esters is 1. The molecule has 0 N–H and O–H groups in total. The van der Waals surface area contributed by atoms with Crippen LogP contribution in [0.15, 0.2) is 49.1 Å². The van der Waals surface area contributed by atoms with Crippen LogP contribution in [-0.2, 0) is 9.53 Å². The number of ether oxygens (including phenoxy) is 1. The fraction of sp³-hybridized carbons (Fsp3) is 0.389. The molecule has 0 heterocycles. The van der Waals surface area contributed by atoms with Crippen molar-refractivity contribution in [1.29, 1.82) is 0 Å². The van der Waals surface area contributed by atoms with Gasteiger partial charge in [-0.1, -0.05) is 55.5 Å². The molecule has 2 nitrogen and oxygen atoms in total. The topological polar surface area (TPSA) is 26.3 Å². The first kappa shape index (κ1) is 16.2. The highest BCUT2D eigenvalue weighted by Crippen LogP contribution is 2.33. The molecule has 1 atom stereocenters. The Bertz CT molecular complexity index is 448. The summed E-state index contributed by atoms with van der Waals surface area (Å²) in [6.45, 7) is 8.05. The standard InChI is InChI=1S/C18H24O2/c1-4-14-18(5-2,17(19)20-6-3)15-10-13-16-11-8-7-9-12-16/h4,7-13H,1,5-6,14-15H2,2-3H3/b13-10+/t18-/m1/s1. The molecular weight excluding hydrogens is 248 g/mol. The van der Waals surface area contributed by atoms with Crippen LogP contribution in [0, 0.1) is 5.41 Å². The van der Waals surface area contributed by atoms with Crippen molar-refractivity contribution in [2.75, 3.05) is 6.61 Å². The van der Waals surface area contributed by atoms with E-state index in [1.165, 1.54) is 0 Å². The molecule has 0 fully saturated rings. The summed E-state index contributed by atoms with van der Waals surface area (Å²) < 4.78 is 5.23. The van der Waals surface area contributed by atoms with E-state index in [-0.39, 0.29) is 5.97 Å². The van der Waals surface area contributed by atoms with Crippen molar-refractivity contribution < 1.29 is 9.53 Å². The summed E-state index contributed by atoms with van der Waals surface area (Å²) in [4.78, 5) is 12.2. The van der Waals surface area contributed by atoms with Gasteiger partial charge in [0.15, 0.2) is 0 Å². The number of allylic oxidation sites excluding steroid dienone is 2. The third kappa shape index (κ3) is 4.37. The van der Waals surface area contributed by atoms with Crippen molar-refractivity contribution >= 4 is 12.0 Å². The summed E-state index contributed by atoms with van der Waals surface area (Å²) in [6.07, 6.45) is 7.96. The normalized spacial score (nSPS) is 13.9. The Balaban J connectivity index is 2.81. The van der Waals surface area contributed by atoms with E-state index in [0.29, 0.717) is 19.4 Å². The Morgan fingerprint density at radius 3 is 2.50 bits per heavy atom. The fourth-order valence-corrected chi connectivity index (χ4v) is 2.23. The van der Waals surface area contributed by atoms with Gasteiger partial charge in [0.2, 0.25) is 0 Å². The van der Waals surface area contributed by atoms with Crippen LogP contribution in [0.25, 0.3) is 6.08 Å². The third-order valence-electron chi connectivity index (χ3n) is 3.54. The van der Waals surface area contributed by atoms with Gasteiger partial charge >= 0.3 is 5.97 Å². The number of hydrogen-bond acceptors (Lipinski definition) is 2. The molecule has 108 valence electrons. The SMILES string of the molecule is C=CC[C@](CC)(C/C=C/c1ccccc1)C(=O)OCC. The van der Waals surface area contributed by atoms with Gasteiger partial charge < -0.3 is 4.74 Å². The minimum absolute atomic E-state index is 0.125. The molecule has 0 aliphatic heterocycles. The van der Waals surface area contributed by atoms with Crippen LogP contribution in [0.4, 0.5) is 0 Å². The van der Waals surface area contributed by atoms with E-state index in [4.69, 9.17) is 4.74 Å². The molecule has 20 heavy (non-hydrogen) atoms. The number of carbonyl (C=O) groups is 1. The Labute approximate surface area is 122 Å². The van der Waals surface area contributed by atoms with Crippen LogP contribution in [0.1, 0.15) is 38.7 Å². The second kappa shape index (κ2) is 8.36. The Kier molecular flexibility index (Phi) is 6.78. The quantitative estimate of drug-likeness (QED) is 0.509. The van der Waals surface area contributed by atoms with Gasteiger partial charge in [-0.15, -0.1) is 6.58 Å². The van der Waals surface area contributed by atoms with Crippen LogP contribution in [0.2, 0.25) is 0 Å². The number of rotatable bonds is 8. The van der Waals surface area contributed by atoms with Gasteiger partial charge in [0.1, 0.15) is 0 Å². The minimum atomic E-state index is -0.483. The third-order valence-corrected chi connectivity index (χ3v) is 3.54. The summed E-state index contributed by atoms with van der Waals surface area (Å²) in [5, 5.41) is 0.